The normalized spacial score (nSPS) is 23.6. The van der Waals surface area contributed by atoms with Gasteiger partial charge in [-0.1, -0.05) is 114 Å². The van der Waals surface area contributed by atoms with Crippen molar-refractivity contribution < 1.29 is 90.8 Å². The summed E-state index contributed by atoms with van der Waals surface area (Å²) >= 11 is 0. The van der Waals surface area contributed by atoms with Crippen molar-refractivity contribution in [3.05, 3.63) is 35.9 Å². The van der Waals surface area contributed by atoms with Crippen LogP contribution in [-0.4, -0.2) is 101 Å². The second-order valence-corrected chi connectivity index (χ2v) is 16.7. The fourth-order valence-corrected chi connectivity index (χ4v) is 7.81. The summed E-state index contributed by atoms with van der Waals surface area (Å²) in [6.45, 7) is 1.89. The van der Waals surface area contributed by atoms with Gasteiger partial charge in [-0.3, -0.25) is 8.98 Å². The predicted octanol–water partition coefficient (Wildman–Crippen LogP) is 9.57. The Hall–Kier alpha value is -2.24. The Labute approximate surface area is 345 Å². The highest BCUT2D eigenvalue weighted by atomic mass is 32.2. The van der Waals surface area contributed by atoms with Crippen LogP contribution in [0.15, 0.2) is 30.3 Å². The number of ether oxygens (including phenoxy) is 7. The van der Waals surface area contributed by atoms with Crippen LogP contribution in [0, 0.1) is 5.92 Å². The molecule has 2 aliphatic heterocycles. The summed E-state index contributed by atoms with van der Waals surface area (Å²) in [7, 11) is -6.15. The average molecular weight is 903 g/mol. The third kappa shape index (κ3) is 14.9. The number of fused-ring (bicyclic) bond motifs is 1. The maximum absolute atomic E-state index is 15.3. The molecule has 2 aliphatic rings. The maximum Gasteiger partial charge on any atom is 0.460 e. The molecular formula is C39H58F8O12S. The summed E-state index contributed by atoms with van der Waals surface area (Å²) in [4.78, 5) is 10.5. The van der Waals surface area contributed by atoms with Crippen molar-refractivity contribution in [2.45, 2.75) is 171 Å². The van der Waals surface area contributed by atoms with Gasteiger partial charge in [-0.05, 0) is 19.3 Å². The van der Waals surface area contributed by atoms with Crippen LogP contribution in [0.2, 0.25) is 0 Å². The van der Waals surface area contributed by atoms with Gasteiger partial charge >= 0.3 is 39.5 Å². The number of methoxy groups -OCH3 is 1. The predicted molar refractivity (Wildman–Crippen MR) is 198 cm³/mol. The van der Waals surface area contributed by atoms with Crippen LogP contribution in [0.25, 0.3) is 0 Å². The first-order chi connectivity index (χ1) is 28.2. The monoisotopic (exact) mass is 902 g/mol. The van der Waals surface area contributed by atoms with Crippen molar-refractivity contribution in [2.24, 2.45) is 5.92 Å². The molecule has 7 atom stereocenters. The molecule has 0 bridgehead atoms. The van der Waals surface area contributed by atoms with E-state index in [9.17, 15) is 39.6 Å². The van der Waals surface area contributed by atoms with Gasteiger partial charge < -0.3 is 33.5 Å². The van der Waals surface area contributed by atoms with Crippen LogP contribution in [0.1, 0.15) is 122 Å². The fourth-order valence-electron chi connectivity index (χ4n) is 6.86. The molecule has 12 nitrogen and oxygen atoms in total. The summed E-state index contributed by atoms with van der Waals surface area (Å²) in [6.07, 6.45) is -14.4. The molecule has 0 aliphatic carbocycles. The average Bonchev–Trinajstić information content (AvgIpc) is 3.17. The zero-order chi connectivity index (χ0) is 44.6. The largest absolute Gasteiger partial charge is 0.481 e. The van der Waals surface area contributed by atoms with E-state index in [4.69, 9.17) is 33.5 Å². The van der Waals surface area contributed by atoms with E-state index in [1.165, 1.54) is 0 Å². The van der Waals surface area contributed by atoms with Crippen molar-refractivity contribution in [3.63, 3.8) is 0 Å². The van der Waals surface area contributed by atoms with Crippen LogP contribution >= 0.6 is 0 Å². The highest BCUT2D eigenvalue weighted by Gasteiger charge is 2.75. The molecule has 2 unspecified atom stereocenters. The zero-order valence-electron chi connectivity index (χ0n) is 34.0. The quantitative estimate of drug-likeness (QED) is 0.0340. The Balaban J connectivity index is 1.57. The molecule has 0 radical (unpaired) electrons. The van der Waals surface area contributed by atoms with Gasteiger partial charge in [0.15, 0.2) is 18.7 Å². The number of carboxylic acids is 1. The second kappa shape index (κ2) is 24.0. The summed E-state index contributed by atoms with van der Waals surface area (Å²) in [5, 5.41) is 1.96. The number of aliphatic carboxylic acids is 1. The zero-order valence-corrected chi connectivity index (χ0v) is 34.8. The first kappa shape index (κ1) is 52.1. The lowest BCUT2D eigenvalue weighted by atomic mass is 9.95. The lowest BCUT2D eigenvalue weighted by molar-refractivity contribution is -0.457. The minimum absolute atomic E-state index is 0.0111. The Morgan fingerprint density at radius 3 is 1.95 bits per heavy atom. The third-order valence-electron chi connectivity index (χ3n) is 10.2. The molecule has 0 amide bonds. The van der Waals surface area contributed by atoms with E-state index in [0.29, 0.717) is 24.8 Å². The lowest BCUT2D eigenvalue weighted by Crippen LogP contribution is -2.65. The number of hydrogen-bond acceptors (Lipinski definition) is 11. The van der Waals surface area contributed by atoms with Crippen molar-refractivity contribution in [3.8, 4) is 0 Å². The Bertz CT molecular complexity index is 1510. The standard InChI is InChI=1S/C39H58F8O12S/c1-4-53-26-55-32-31-29(25-54-34(57-31)28-21-17-15-18-22-28)56-35(52-3)33(32)58-60(50,51)39(46,47)38(44,45)59-37(42,43)36(40,41)24-27(2)20-16-13-11-9-7-5-6-8-10-12-14-19-23-30(48)49/h15,17-18,21-22,27,29,31-35H,4-14,16,19-20,23-26H2,1-3H3,(H,48,49)/t27?,29-,31-,32+,33+,34?,35-/m1/s1. The van der Waals surface area contributed by atoms with Gasteiger partial charge in [0, 0.05) is 32.1 Å². The van der Waals surface area contributed by atoms with E-state index in [0.717, 1.165) is 71.8 Å². The first-order valence-electron chi connectivity index (χ1n) is 20.2. The van der Waals surface area contributed by atoms with Gasteiger partial charge in [0.05, 0.1) is 6.61 Å². The number of unbranched alkanes of at least 4 members (excludes halogenated alkanes) is 11. The van der Waals surface area contributed by atoms with Crippen molar-refractivity contribution in [2.75, 3.05) is 27.1 Å². The Morgan fingerprint density at radius 2 is 1.40 bits per heavy atom. The van der Waals surface area contributed by atoms with Gasteiger partial charge in [-0.15, -0.1) is 0 Å². The molecule has 1 aromatic carbocycles. The molecule has 60 heavy (non-hydrogen) atoms. The molecule has 1 aromatic rings. The number of carbonyl (C=O) groups is 1. The van der Waals surface area contributed by atoms with Gasteiger partial charge in [-0.2, -0.15) is 43.5 Å². The number of hydrogen-bond donors (Lipinski definition) is 1. The van der Waals surface area contributed by atoms with E-state index in [2.05, 4.69) is 8.92 Å². The Morgan fingerprint density at radius 1 is 0.833 bits per heavy atom. The van der Waals surface area contributed by atoms with Crippen molar-refractivity contribution >= 4 is 16.1 Å². The molecule has 2 fully saturated rings. The third-order valence-corrected chi connectivity index (χ3v) is 11.5. The molecule has 21 heteroatoms. The number of rotatable bonds is 30. The lowest BCUT2D eigenvalue weighted by Gasteiger charge is -2.48. The van der Waals surface area contributed by atoms with E-state index < -0.39 is 95.6 Å². The molecule has 3 rings (SSSR count). The molecule has 1 N–H and O–H groups in total. The maximum atomic E-state index is 15.3. The Kier molecular flexibility index (Phi) is 20.8. The topological polar surface area (TPSA) is 145 Å². The number of carboxylic acid groups (broad SMARTS) is 1. The smallest absolute Gasteiger partial charge is 0.460 e. The number of alkyl halides is 8. The minimum atomic E-state index is -7.07. The summed E-state index contributed by atoms with van der Waals surface area (Å²) in [5.74, 6) is -7.41. The number of halogens is 8. The second-order valence-electron chi connectivity index (χ2n) is 15.1. The van der Waals surface area contributed by atoms with Gasteiger partial charge in [0.2, 0.25) is 0 Å². The SMILES string of the molecule is CCOCO[C@@H]1[C@H](OS(=O)(=O)C(F)(F)C(F)(F)OC(F)(F)C(F)(F)CC(C)CCCCCCCCCCCCCCC(=O)O)[C@H](OC)O[C@@H]2COC(c3ccccc3)O[C@@H]12. The molecule has 348 valence electrons. The number of benzene rings is 1. The molecule has 0 spiro atoms. The van der Waals surface area contributed by atoms with Crippen LogP contribution in [-0.2, 0) is 52.3 Å². The summed E-state index contributed by atoms with van der Waals surface area (Å²) in [5.41, 5.74) is 0.461. The highest BCUT2D eigenvalue weighted by Crippen LogP contribution is 2.50. The summed E-state index contributed by atoms with van der Waals surface area (Å²) in [6, 6.07) is 8.19. The minimum Gasteiger partial charge on any atom is -0.481 e. The van der Waals surface area contributed by atoms with Crippen LogP contribution in [0.3, 0.4) is 0 Å². The van der Waals surface area contributed by atoms with E-state index in [1.807, 2.05) is 0 Å². The first-order valence-corrected chi connectivity index (χ1v) is 21.7. The summed E-state index contributed by atoms with van der Waals surface area (Å²) < 4.78 is 185. The van der Waals surface area contributed by atoms with Gasteiger partial charge in [-0.25, -0.2) is 4.74 Å². The van der Waals surface area contributed by atoms with Crippen LogP contribution < -0.4 is 0 Å². The van der Waals surface area contributed by atoms with Crippen LogP contribution in [0.5, 0.6) is 0 Å². The molecule has 0 saturated carbocycles. The van der Waals surface area contributed by atoms with Crippen LogP contribution in [0.4, 0.5) is 35.1 Å². The molecule has 2 heterocycles. The van der Waals surface area contributed by atoms with E-state index in [-0.39, 0.29) is 26.1 Å². The molecular weight excluding hydrogens is 844 g/mol. The fraction of sp³-hybridized carbons (Fsp3) is 0.821. The van der Waals surface area contributed by atoms with Crippen molar-refractivity contribution in [1.29, 1.82) is 0 Å². The van der Waals surface area contributed by atoms with Gasteiger partial charge in [0.25, 0.3) is 0 Å². The van der Waals surface area contributed by atoms with Crippen molar-refractivity contribution in [1.82, 2.24) is 0 Å². The van der Waals surface area contributed by atoms with E-state index >= 15 is 8.78 Å². The van der Waals surface area contributed by atoms with E-state index in [1.54, 1.807) is 37.3 Å². The highest BCUT2D eigenvalue weighted by molar-refractivity contribution is 7.87. The molecule has 2 saturated heterocycles. The molecule has 0 aromatic heterocycles. The van der Waals surface area contributed by atoms with Gasteiger partial charge in [0.1, 0.15) is 25.1 Å².